The summed E-state index contributed by atoms with van der Waals surface area (Å²) in [5.74, 6) is 1.49. The van der Waals surface area contributed by atoms with Crippen LogP contribution in [0.2, 0.25) is 0 Å². The van der Waals surface area contributed by atoms with Crippen LogP contribution in [-0.4, -0.2) is 11.5 Å². The van der Waals surface area contributed by atoms with E-state index in [1.54, 1.807) is 0 Å². The Morgan fingerprint density at radius 2 is 1.77 bits per heavy atom. The first-order chi connectivity index (χ1) is 12.5. The predicted octanol–water partition coefficient (Wildman–Crippen LogP) is 6.06. The number of ketones is 1. The standard InChI is InChI=1S/C24H27NO/c1-16-13-23(25-21-12-8-7-11-18(16)21)24(2,3)15-22(26)20-14-19(20)17-9-5-4-6-10-17/h4-12,16,19-20H,13-15H2,1-3H3. The molecule has 2 aliphatic rings. The maximum Gasteiger partial charge on any atom is 0.137 e. The zero-order chi connectivity index (χ0) is 18.3. The Kier molecular flexibility index (Phi) is 4.30. The molecule has 2 heteroatoms. The van der Waals surface area contributed by atoms with Crippen LogP contribution >= 0.6 is 0 Å². The maximum absolute atomic E-state index is 12.9. The molecule has 0 bridgehead atoms. The molecule has 134 valence electrons. The molecule has 0 spiro atoms. The van der Waals surface area contributed by atoms with Gasteiger partial charge >= 0.3 is 0 Å². The summed E-state index contributed by atoms with van der Waals surface area (Å²) in [4.78, 5) is 17.9. The largest absolute Gasteiger partial charge is 0.299 e. The number of carbonyl (C=O) groups excluding carboxylic acids is 1. The number of para-hydroxylation sites is 1. The number of hydrogen-bond acceptors (Lipinski definition) is 2. The number of aliphatic imine (C=N–C) groups is 1. The Hall–Kier alpha value is -2.22. The Balaban J connectivity index is 1.48. The molecule has 1 fully saturated rings. The van der Waals surface area contributed by atoms with Gasteiger partial charge in [0, 0.05) is 23.5 Å². The molecule has 26 heavy (non-hydrogen) atoms. The van der Waals surface area contributed by atoms with Crippen molar-refractivity contribution in [2.45, 2.75) is 51.9 Å². The third-order valence-corrected chi connectivity index (χ3v) is 6.05. The van der Waals surface area contributed by atoms with E-state index in [4.69, 9.17) is 4.99 Å². The van der Waals surface area contributed by atoms with Crippen LogP contribution in [0.3, 0.4) is 0 Å². The van der Waals surface area contributed by atoms with Crippen LogP contribution in [-0.2, 0) is 4.79 Å². The van der Waals surface area contributed by atoms with Gasteiger partial charge in [-0.15, -0.1) is 0 Å². The number of nitrogens with zero attached hydrogens (tertiary/aromatic N) is 1. The van der Waals surface area contributed by atoms with Crippen LogP contribution in [0.4, 0.5) is 5.69 Å². The van der Waals surface area contributed by atoms with E-state index in [-0.39, 0.29) is 11.3 Å². The molecule has 2 aromatic carbocycles. The van der Waals surface area contributed by atoms with Gasteiger partial charge in [-0.25, -0.2) is 0 Å². The molecule has 0 saturated heterocycles. The molecule has 3 atom stereocenters. The molecule has 1 aliphatic carbocycles. The molecule has 0 radical (unpaired) electrons. The lowest BCUT2D eigenvalue weighted by molar-refractivity contribution is -0.121. The first-order valence-electron chi connectivity index (χ1n) is 9.70. The summed E-state index contributed by atoms with van der Waals surface area (Å²) in [5.41, 5.74) is 4.71. The molecule has 3 unspecified atom stereocenters. The van der Waals surface area contributed by atoms with E-state index in [9.17, 15) is 4.79 Å². The van der Waals surface area contributed by atoms with Gasteiger partial charge in [-0.1, -0.05) is 69.3 Å². The van der Waals surface area contributed by atoms with Gasteiger partial charge in [-0.2, -0.15) is 0 Å². The fraction of sp³-hybridized carbons (Fsp3) is 0.417. The van der Waals surface area contributed by atoms with Gasteiger partial charge in [0.05, 0.1) is 5.69 Å². The third-order valence-electron chi connectivity index (χ3n) is 6.05. The number of hydrogen-bond donors (Lipinski definition) is 0. The summed E-state index contributed by atoms with van der Waals surface area (Å²) >= 11 is 0. The van der Waals surface area contributed by atoms with Crippen LogP contribution in [0.15, 0.2) is 59.6 Å². The van der Waals surface area contributed by atoms with E-state index in [1.807, 2.05) is 12.1 Å². The van der Waals surface area contributed by atoms with Crippen LogP contribution in [0.1, 0.15) is 63.0 Å². The molecule has 4 rings (SSSR count). The average Bonchev–Trinajstić information content (AvgIpc) is 3.43. The first kappa shape index (κ1) is 17.2. The van der Waals surface area contributed by atoms with Crippen molar-refractivity contribution in [3.63, 3.8) is 0 Å². The highest BCUT2D eigenvalue weighted by molar-refractivity contribution is 5.98. The second kappa shape index (κ2) is 6.50. The normalized spacial score (nSPS) is 24.6. The van der Waals surface area contributed by atoms with Crippen molar-refractivity contribution in [3.05, 3.63) is 65.7 Å². The highest BCUT2D eigenvalue weighted by atomic mass is 16.1. The van der Waals surface area contributed by atoms with Crippen molar-refractivity contribution >= 4 is 17.2 Å². The van der Waals surface area contributed by atoms with Gasteiger partial charge in [0.1, 0.15) is 5.78 Å². The molecule has 0 aromatic heterocycles. The third kappa shape index (κ3) is 3.25. The highest BCUT2D eigenvalue weighted by Crippen LogP contribution is 2.50. The van der Waals surface area contributed by atoms with E-state index in [0.29, 0.717) is 24.0 Å². The fourth-order valence-corrected chi connectivity index (χ4v) is 4.31. The fourth-order valence-electron chi connectivity index (χ4n) is 4.31. The summed E-state index contributed by atoms with van der Waals surface area (Å²) in [6.07, 6.45) is 2.55. The van der Waals surface area contributed by atoms with Crippen molar-refractivity contribution in [1.29, 1.82) is 0 Å². The molecule has 1 aliphatic heterocycles. The van der Waals surface area contributed by atoms with Crippen LogP contribution in [0.5, 0.6) is 0 Å². The molecule has 1 heterocycles. The summed E-state index contributed by atoms with van der Waals surface area (Å²) in [5, 5.41) is 0. The quantitative estimate of drug-likeness (QED) is 0.648. The van der Waals surface area contributed by atoms with Gasteiger partial charge in [0.2, 0.25) is 0 Å². The van der Waals surface area contributed by atoms with Crippen molar-refractivity contribution < 1.29 is 4.79 Å². The number of carbonyl (C=O) groups is 1. The first-order valence-corrected chi connectivity index (χ1v) is 9.70. The number of fused-ring (bicyclic) bond motifs is 1. The second-order valence-electron chi connectivity index (χ2n) is 8.61. The van der Waals surface area contributed by atoms with E-state index in [0.717, 1.165) is 18.5 Å². The lowest BCUT2D eigenvalue weighted by Gasteiger charge is -2.32. The Morgan fingerprint density at radius 3 is 2.54 bits per heavy atom. The van der Waals surface area contributed by atoms with E-state index in [1.165, 1.54) is 16.8 Å². The van der Waals surface area contributed by atoms with E-state index >= 15 is 0 Å². The van der Waals surface area contributed by atoms with Crippen molar-refractivity contribution in [3.8, 4) is 0 Å². The zero-order valence-electron chi connectivity index (χ0n) is 15.9. The van der Waals surface area contributed by atoms with Crippen LogP contribution < -0.4 is 0 Å². The van der Waals surface area contributed by atoms with Gasteiger partial charge in [0.25, 0.3) is 0 Å². The van der Waals surface area contributed by atoms with Crippen LogP contribution in [0.25, 0.3) is 0 Å². The molecular weight excluding hydrogens is 318 g/mol. The maximum atomic E-state index is 12.9. The van der Waals surface area contributed by atoms with Gasteiger partial charge in [-0.05, 0) is 41.9 Å². The Bertz CT molecular complexity index is 850. The minimum Gasteiger partial charge on any atom is -0.299 e. The smallest absolute Gasteiger partial charge is 0.137 e. The van der Waals surface area contributed by atoms with Gasteiger partial charge in [-0.3, -0.25) is 9.79 Å². The van der Waals surface area contributed by atoms with Crippen molar-refractivity contribution in [1.82, 2.24) is 0 Å². The monoisotopic (exact) mass is 345 g/mol. The SMILES string of the molecule is CC1CC(C(C)(C)CC(=O)C2CC2c2ccccc2)=Nc2ccccc21. The molecule has 0 N–H and O–H groups in total. The number of Topliss-reactive ketones (excluding diaryl/α,β-unsaturated/α-hetero) is 1. The van der Waals surface area contributed by atoms with E-state index < -0.39 is 0 Å². The Labute approximate surface area is 156 Å². The summed E-state index contributed by atoms with van der Waals surface area (Å²) in [7, 11) is 0. The Morgan fingerprint density at radius 1 is 1.08 bits per heavy atom. The topological polar surface area (TPSA) is 29.4 Å². The summed E-state index contributed by atoms with van der Waals surface area (Å²) in [6.45, 7) is 6.63. The number of rotatable bonds is 5. The minimum atomic E-state index is -0.178. The zero-order valence-corrected chi connectivity index (χ0v) is 15.9. The molecule has 2 aromatic rings. The van der Waals surface area contributed by atoms with E-state index in [2.05, 4.69) is 63.2 Å². The predicted molar refractivity (Wildman–Crippen MR) is 107 cm³/mol. The van der Waals surface area contributed by atoms with Gasteiger partial charge < -0.3 is 0 Å². The average molecular weight is 345 g/mol. The number of benzene rings is 2. The summed E-state index contributed by atoms with van der Waals surface area (Å²) < 4.78 is 0. The van der Waals surface area contributed by atoms with Gasteiger partial charge in [0.15, 0.2) is 0 Å². The minimum absolute atomic E-state index is 0.178. The summed E-state index contributed by atoms with van der Waals surface area (Å²) in [6, 6.07) is 18.9. The van der Waals surface area contributed by atoms with Crippen molar-refractivity contribution in [2.75, 3.05) is 0 Å². The van der Waals surface area contributed by atoms with Crippen molar-refractivity contribution in [2.24, 2.45) is 16.3 Å². The lowest BCUT2D eigenvalue weighted by atomic mass is 9.75. The second-order valence-corrected chi connectivity index (χ2v) is 8.61. The molecular formula is C24H27NO. The highest BCUT2D eigenvalue weighted by Gasteiger charge is 2.45. The molecule has 2 nitrogen and oxygen atoms in total. The lowest BCUT2D eigenvalue weighted by Crippen LogP contribution is -2.30. The molecule has 1 saturated carbocycles. The molecule has 0 amide bonds. The van der Waals surface area contributed by atoms with Crippen LogP contribution in [0, 0.1) is 11.3 Å².